The summed E-state index contributed by atoms with van der Waals surface area (Å²) in [5, 5.41) is 2.99. The molecule has 10 nitrogen and oxygen atoms in total. The van der Waals surface area contributed by atoms with Crippen molar-refractivity contribution in [3.8, 4) is 22.3 Å². The minimum absolute atomic E-state index is 0.0636. The molecule has 42 heavy (non-hydrogen) atoms. The number of fused-ring (bicyclic) bond motifs is 1. The standard InChI is InChI=1S/C32H38N6O4/c1-19(2)28(37-31(39)40-3)17-38-18-32(41-12-13-42-32)16-29(38)30-35-26-11-9-23(15-27(26)36-30)21-6-4-20(5-7-21)22-8-10-24(33)25(34)14-22/h4-11,14-15,19,28-29H,12-13,16-18,33-34H2,1-3H3,(H,35,36)(H,37,39). The van der Waals surface area contributed by atoms with Gasteiger partial charge in [-0.1, -0.05) is 50.2 Å². The summed E-state index contributed by atoms with van der Waals surface area (Å²) in [4.78, 5) is 22.9. The van der Waals surface area contributed by atoms with E-state index in [9.17, 15) is 4.79 Å². The summed E-state index contributed by atoms with van der Waals surface area (Å²) in [6, 6.07) is 20.2. The first-order valence-electron chi connectivity index (χ1n) is 14.4. The maximum Gasteiger partial charge on any atom is 0.407 e. The lowest BCUT2D eigenvalue weighted by Crippen LogP contribution is -2.47. The van der Waals surface area contributed by atoms with Crippen LogP contribution in [0.4, 0.5) is 16.2 Å². The number of nitrogens with zero attached hydrogens (tertiary/aromatic N) is 2. The zero-order valence-corrected chi connectivity index (χ0v) is 24.2. The zero-order chi connectivity index (χ0) is 29.4. The van der Waals surface area contributed by atoms with E-state index in [1.165, 1.54) is 7.11 Å². The number of H-pyrrole nitrogens is 1. The van der Waals surface area contributed by atoms with Crippen molar-refractivity contribution in [2.24, 2.45) is 5.92 Å². The van der Waals surface area contributed by atoms with Gasteiger partial charge >= 0.3 is 6.09 Å². The summed E-state index contributed by atoms with van der Waals surface area (Å²) in [5.41, 5.74) is 19.2. The van der Waals surface area contributed by atoms with Crippen LogP contribution in [-0.2, 0) is 14.2 Å². The van der Waals surface area contributed by atoms with Crippen LogP contribution in [0.25, 0.3) is 33.3 Å². The average Bonchev–Trinajstić information content (AvgIpc) is 3.72. The fraction of sp³-hybridized carbons (Fsp3) is 0.375. The summed E-state index contributed by atoms with van der Waals surface area (Å²) in [6.45, 7) is 6.53. The van der Waals surface area contributed by atoms with Gasteiger partial charge in [0.25, 0.3) is 0 Å². The van der Waals surface area contributed by atoms with Gasteiger partial charge in [0, 0.05) is 19.0 Å². The van der Waals surface area contributed by atoms with Crippen LogP contribution >= 0.6 is 0 Å². The molecule has 4 aromatic rings. The van der Waals surface area contributed by atoms with Crippen LogP contribution in [0.1, 0.15) is 32.1 Å². The number of methoxy groups -OCH3 is 1. The molecule has 0 saturated carbocycles. The van der Waals surface area contributed by atoms with Crippen molar-refractivity contribution >= 4 is 28.5 Å². The Morgan fingerprint density at radius 2 is 1.67 bits per heavy atom. The third-order valence-electron chi connectivity index (χ3n) is 8.38. The molecule has 10 heteroatoms. The Bertz CT molecular complexity index is 1580. The first kappa shape index (κ1) is 28.0. The van der Waals surface area contributed by atoms with Gasteiger partial charge in [0.1, 0.15) is 5.82 Å². The Labute approximate surface area is 245 Å². The van der Waals surface area contributed by atoms with Crippen molar-refractivity contribution in [1.29, 1.82) is 0 Å². The number of hydrogen-bond acceptors (Lipinski definition) is 8. The number of nitrogens with one attached hydrogen (secondary N) is 2. The summed E-state index contributed by atoms with van der Waals surface area (Å²) < 4.78 is 17.1. The lowest BCUT2D eigenvalue weighted by molar-refractivity contribution is -0.146. The van der Waals surface area contributed by atoms with Crippen LogP contribution in [0.2, 0.25) is 0 Å². The molecule has 0 aliphatic carbocycles. The smallest absolute Gasteiger partial charge is 0.407 e. The van der Waals surface area contributed by atoms with Gasteiger partial charge in [0.15, 0.2) is 5.79 Å². The Balaban J connectivity index is 1.26. The zero-order valence-electron chi connectivity index (χ0n) is 24.2. The van der Waals surface area contributed by atoms with Crippen molar-refractivity contribution in [3.05, 3.63) is 66.5 Å². The number of alkyl carbamates (subject to hydrolysis) is 1. The Hall–Kier alpha value is -4.12. The van der Waals surface area contributed by atoms with Crippen molar-refractivity contribution in [1.82, 2.24) is 20.2 Å². The number of hydrogen-bond donors (Lipinski definition) is 4. The van der Waals surface area contributed by atoms with E-state index in [4.69, 9.17) is 30.7 Å². The summed E-state index contributed by atoms with van der Waals surface area (Å²) in [5.74, 6) is 0.391. The highest BCUT2D eigenvalue weighted by Gasteiger charge is 2.50. The van der Waals surface area contributed by atoms with Crippen LogP contribution in [-0.4, -0.2) is 66.2 Å². The van der Waals surface area contributed by atoms with E-state index in [2.05, 4.69) is 65.4 Å². The maximum absolute atomic E-state index is 12.1. The molecular formula is C32H38N6O4. The Kier molecular flexibility index (Phi) is 7.53. The molecule has 3 aromatic carbocycles. The summed E-state index contributed by atoms with van der Waals surface area (Å²) in [7, 11) is 1.38. The normalized spacial score (nSPS) is 19.1. The number of amides is 1. The minimum Gasteiger partial charge on any atom is -0.453 e. The number of likely N-dealkylation sites (tertiary alicyclic amines) is 1. The van der Waals surface area contributed by atoms with Gasteiger partial charge in [-0.2, -0.15) is 0 Å². The van der Waals surface area contributed by atoms with Crippen molar-refractivity contribution < 1.29 is 19.0 Å². The largest absolute Gasteiger partial charge is 0.453 e. The number of aromatic amines is 1. The van der Waals surface area contributed by atoms with Gasteiger partial charge in [-0.25, -0.2) is 9.78 Å². The van der Waals surface area contributed by atoms with Crippen LogP contribution in [0.5, 0.6) is 0 Å². The summed E-state index contributed by atoms with van der Waals surface area (Å²) >= 11 is 0. The van der Waals surface area contributed by atoms with Gasteiger partial charge in [-0.3, -0.25) is 4.90 Å². The Morgan fingerprint density at radius 1 is 1.02 bits per heavy atom. The van der Waals surface area contributed by atoms with Crippen LogP contribution < -0.4 is 16.8 Å². The van der Waals surface area contributed by atoms with Crippen LogP contribution in [0.15, 0.2) is 60.7 Å². The first-order chi connectivity index (χ1) is 20.2. The van der Waals surface area contributed by atoms with Gasteiger partial charge in [-0.15, -0.1) is 0 Å². The number of anilines is 2. The maximum atomic E-state index is 12.1. The number of carbonyl (C=O) groups excluding carboxylic acids is 1. The van der Waals surface area contributed by atoms with Gasteiger partial charge in [-0.05, 0) is 52.4 Å². The average molecular weight is 571 g/mol. The first-order valence-corrected chi connectivity index (χ1v) is 14.4. The number of nitrogens with two attached hydrogens (primary N) is 2. The highest BCUT2D eigenvalue weighted by Crippen LogP contribution is 2.42. The number of nitrogen functional groups attached to an aromatic ring is 2. The van der Waals surface area contributed by atoms with E-state index >= 15 is 0 Å². The molecule has 2 aliphatic heterocycles. The minimum atomic E-state index is -0.668. The predicted octanol–water partition coefficient (Wildman–Crippen LogP) is 4.93. The molecule has 1 aromatic heterocycles. The van der Waals surface area contributed by atoms with E-state index in [-0.39, 0.29) is 18.0 Å². The van der Waals surface area contributed by atoms with Crippen molar-refractivity contribution in [2.75, 3.05) is 44.9 Å². The predicted molar refractivity (Wildman–Crippen MR) is 164 cm³/mol. The number of carbonyl (C=O) groups is 1. The second-order valence-corrected chi connectivity index (χ2v) is 11.5. The topological polar surface area (TPSA) is 141 Å². The van der Waals surface area contributed by atoms with E-state index in [0.29, 0.717) is 44.1 Å². The fourth-order valence-corrected chi connectivity index (χ4v) is 5.94. The quantitative estimate of drug-likeness (QED) is 0.229. The molecule has 1 spiro atoms. The monoisotopic (exact) mass is 570 g/mol. The third kappa shape index (κ3) is 5.53. The SMILES string of the molecule is COC(=O)NC(CN1CC2(CC1c1nc3ccc(-c4ccc(-c5ccc(N)c(N)c5)cc4)cc3[nH]1)OCCO2)C(C)C. The van der Waals surface area contributed by atoms with E-state index < -0.39 is 11.9 Å². The lowest BCUT2D eigenvalue weighted by atomic mass is 9.99. The second kappa shape index (κ2) is 11.3. The highest BCUT2D eigenvalue weighted by molar-refractivity contribution is 5.83. The molecular weight excluding hydrogens is 532 g/mol. The van der Waals surface area contributed by atoms with Gasteiger partial charge in [0.2, 0.25) is 0 Å². The number of imidazole rings is 1. The molecule has 2 atom stereocenters. The van der Waals surface area contributed by atoms with E-state index in [1.54, 1.807) is 0 Å². The molecule has 0 bridgehead atoms. The van der Waals surface area contributed by atoms with Crippen molar-refractivity contribution in [3.63, 3.8) is 0 Å². The number of ether oxygens (including phenoxy) is 3. The lowest BCUT2D eigenvalue weighted by Gasteiger charge is -2.30. The molecule has 1 amide bonds. The number of rotatable bonds is 7. The molecule has 2 aliphatic rings. The molecule has 6 rings (SSSR count). The third-order valence-corrected chi connectivity index (χ3v) is 8.38. The van der Waals surface area contributed by atoms with E-state index in [0.717, 1.165) is 39.1 Å². The van der Waals surface area contributed by atoms with Gasteiger partial charge in [0.05, 0.1) is 55.3 Å². The van der Waals surface area contributed by atoms with Crippen LogP contribution in [0, 0.1) is 5.92 Å². The van der Waals surface area contributed by atoms with Crippen LogP contribution in [0.3, 0.4) is 0 Å². The van der Waals surface area contributed by atoms with Gasteiger partial charge < -0.3 is 36.0 Å². The fourth-order valence-electron chi connectivity index (χ4n) is 5.94. The molecule has 6 N–H and O–H groups in total. The van der Waals surface area contributed by atoms with Crippen molar-refractivity contribution in [2.45, 2.75) is 38.1 Å². The number of benzene rings is 3. The Morgan fingerprint density at radius 3 is 2.31 bits per heavy atom. The molecule has 0 radical (unpaired) electrons. The molecule has 220 valence electrons. The molecule has 2 fully saturated rings. The molecule has 3 heterocycles. The second-order valence-electron chi connectivity index (χ2n) is 11.5. The summed E-state index contributed by atoms with van der Waals surface area (Å²) in [6.07, 6.45) is 0.217. The molecule has 2 saturated heterocycles. The number of aromatic nitrogens is 2. The molecule has 2 unspecified atom stereocenters. The van der Waals surface area contributed by atoms with E-state index in [1.807, 2.05) is 24.3 Å². The highest BCUT2D eigenvalue weighted by atomic mass is 16.7.